The Morgan fingerprint density at radius 1 is 1.50 bits per heavy atom. The third-order valence-electron chi connectivity index (χ3n) is 1.97. The van der Waals surface area contributed by atoms with Crippen molar-refractivity contribution in [2.24, 2.45) is 5.73 Å². The van der Waals surface area contributed by atoms with Gasteiger partial charge in [-0.25, -0.2) is 0 Å². The molecule has 0 saturated heterocycles. The van der Waals surface area contributed by atoms with Crippen LogP contribution >= 0.6 is 0 Å². The first kappa shape index (κ1) is 13.4. The van der Waals surface area contributed by atoms with Crippen molar-refractivity contribution >= 4 is 5.91 Å². The SMILES string of the molecule is COCC(N)CN(C)C(=O)C(C)OC. The van der Waals surface area contributed by atoms with Crippen LogP contribution in [0.1, 0.15) is 6.92 Å². The number of ether oxygens (including phenoxy) is 2. The lowest BCUT2D eigenvalue weighted by Gasteiger charge is -2.23. The van der Waals surface area contributed by atoms with Crippen LogP contribution in [0.25, 0.3) is 0 Å². The van der Waals surface area contributed by atoms with Gasteiger partial charge in [0.25, 0.3) is 5.91 Å². The van der Waals surface area contributed by atoms with Gasteiger partial charge in [0.2, 0.25) is 0 Å². The minimum absolute atomic E-state index is 0.0703. The number of carbonyl (C=O) groups excluding carboxylic acids is 1. The highest BCUT2D eigenvalue weighted by Gasteiger charge is 2.18. The molecule has 2 unspecified atom stereocenters. The summed E-state index contributed by atoms with van der Waals surface area (Å²) in [7, 11) is 4.79. The number of nitrogens with zero attached hydrogens (tertiary/aromatic N) is 1. The quantitative estimate of drug-likeness (QED) is 0.630. The first-order chi connectivity index (χ1) is 6.52. The molecular formula is C9H20N2O3. The number of hydrogen-bond donors (Lipinski definition) is 1. The second-order valence-corrected chi connectivity index (χ2v) is 3.31. The van der Waals surface area contributed by atoms with Crippen LogP contribution in [-0.4, -0.2) is 57.4 Å². The van der Waals surface area contributed by atoms with E-state index in [1.54, 1.807) is 26.0 Å². The molecule has 1 amide bonds. The summed E-state index contributed by atoms with van der Waals surface area (Å²) in [5.74, 6) is -0.0703. The van der Waals surface area contributed by atoms with Gasteiger partial charge in [-0.1, -0.05) is 0 Å². The average molecular weight is 204 g/mol. The molecule has 0 saturated carbocycles. The van der Waals surface area contributed by atoms with Crippen LogP contribution in [0.3, 0.4) is 0 Å². The van der Waals surface area contributed by atoms with Gasteiger partial charge in [0.1, 0.15) is 6.10 Å². The third-order valence-corrected chi connectivity index (χ3v) is 1.97. The Bertz CT molecular complexity index is 175. The number of nitrogens with two attached hydrogens (primary N) is 1. The summed E-state index contributed by atoms with van der Waals surface area (Å²) in [6.07, 6.45) is -0.422. The Morgan fingerprint density at radius 3 is 2.50 bits per heavy atom. The van der Waals surface area contributed by atoms with E-state index in [0.29, 0.717) is 13.2 Å². The van der Waals surface area contributed by atoms with Crippen molar-refractivity contribution in [3.8, 4) is 0 Å². The molecular weight excluding hydrogens is 184 g/mol. The van der Waals surface area contributed by atoms with E-state index in [-0.39, 0.29) is 11.9 Å². The molecule has 0 heterocycles. The summed E-state index contributed by atoms with van der Waals surface area (Å²) in [6, 6.07) is -0.155. The van der Waals surface area contributed by atoms with E-state index >= 15 is 0 Å². The molecule has 14 heavy (non-hydrogen) atoms. The van der Waals surface area contributed by atoms with E-state index in [0.717, 1.165) is 0 Å². The smallest absolute Gasteiger partial charge is 0.251 e. The lowest BCUT2D eigenvalue weighted by Crippen LogP contribution is -2.44. The van der Waals surface area contributed by atoms with Crippen LogP contribution in [0.15, 0.2) is 0 Å². The molecule has 0 aromatic heterocycles. The Labute approximate surface area is 85.1 Å². The molecule has 2 N–H and O–H groups in total. The van der Waals surface area contributed by atoms with Crippen LogP contribution in [-0.2, 0) is 14.3 Å². The van der Waals surface area contributed by atoms with Crippen molar-refractivity contribution < 1.29 is 14.3 Å². The third kappa shape index (κ3) is 4.55. The van der Waals surface area contributed by atoms with Crippen LogP contribution in [0.4, 0.5) is 0 Å². The van der Waals surface area contributed by atoms with Crippen molar-refractivity contribution in [2.75, 3.05) is 34.4 Å². The van der Waals surface area contributed by atoms with Crippen LogP contribution in [0.5, 0.6) is 0 Å². The van der Waals surface area contributed by atoms with Gasteiger partial charge in [0, 0.05) is 33.9 Å². The Hall–Kier alpha value is -0.650. The number of hydrogen-bond acceptors (Lipinski definition) is 4. The van der Waals surface area contributed by atoms with Crippen molar-refractivity contribution in [1.29, 1.82) is 0 Å². The first-order valence-electron chi connectivity index (χ1n) is 4.55. The molecule has 0 aromatic rings. The molecule has 0 aliphatic heterocycles. The summed E-state index contributed by atoms with van der Waals surface area (Å²) in [5.41, 5.74) is 5.70. The van der Waals surface area contributed by atoms with Gasteiger partial charge < -0.3 is 20.1 Å². The number of rotatable bonds is 6. The highest BCUT2D eigenvalue weighted by atomic mass is 16.5. The minimum Gasteiger partial charge on any atom is -0.383 e. The maximum Gasteiger partial charge on any atom is 0.251 e. The summed E-state index contributed by atoms with van der Waals surface area (Å²) >= 11 is 0. The van der Waals surface area contributed by atoms with E-state index in [9.17, 15) is 4.79 Å². The molecule has 5 nitrogen and oxygen atoms in total. The first-order valence-corrected chi connectivity index (χ1v) is 4.55. The van der Waals surface area contributed by atoms with Crippen LogP contribution in [0.2, 0.25) is 0 Å². The fourth-order valence-corrected chi connectivity index (χ4v) is 1.12. The molecule has 0 aliphatic carbocycles. The average Bonchev–Trinajstić information content (AvgIpc) is 2.15. The zero-order valence-corrected chi connectivity index (χ0v) is 9.32. The molecule has 0 radical (unpaired) electrons. The van der Waals surface area contributed by atoms with Crippen molar-refractivity contribution in [1.82, 2.24) is 4.90 Å². The molecule has 0 aromatic carbocycles. The summed E-state index contributed by atoms with van der Waals surface area (Å²) in [5, 5.41) is 0. The van der Waals surface area contributed by atoms with E-state index in [4.69, 9.17) is 15.2 Å². The van der Waals surface area contributed by atoms with Crippen LogP contribution < -0.4 is 5.73 Å². The van der Waals surface area contributed by atoms with E-state index < -0.39 is 6.10 Å². The normalized spacial score (nSPS) is 14.9. The largest absolute Gasteiger partial charge is 0.383 e. The van der Waals surface area contributed by atoms with Gasteiger partial charge >= 0.3 is 0 Å². The topological polar surface area (TPSA) is 64.8 Å². The molecule has 0 spiro atoms. The minimum atomic E-state index is -0.422. The summed E-state index contributed by atoms with van der Waals surface area (Å²) in [6.45, 7) is 2.63. The Kier molecular flexibility index (Phi) is 6.44. The fraction of sp³-hybridized carbons (Fsp3) is 0.889. The predicted octanol–water partition coefficient (Wildman–Crippen LogP) is -0.547. The maximum absolute atomic E-state index is 11.5. The van der Waals surface area contributed by atoms with Gasteiger partial charge in [0.15, 0.2) is 0 Å². The molecule has 0 aliphatic rings. The van der Waals surface area contributed by atoms with Crippen molar-refractivity contribution in [2.45, 2.75) is 19.1 Å². The van der Waals surface area contributed by atoms with E-state index in [1.807, 2.05) is 0 Å². The number of carbonyl (C=O) groups is 1. The second kappa shape index (κ2) is 6.75. The van der Waals surface area contributed by atoms with E-state index in [1.165, 1.54) is 7.11 Å². The van der Waals surface area contributed by atoms with E-state index in [2.05, 4.69) is 0 Å². The van der Waals surface area contributed by atoms with Gasteiger partial charge in [-0.3, -0.25) is 4.79 Å². The predicted molar refractivity (Wildman–Crippen MR) is 54.0 cm³/mol. The molecule has 0 fully saturated rings. The van der Waals surface area contributed by atoms with Crippen molar-refractivity contribution in [3.63, 3.8) is 0 Å². The number of likely N-dealkylation sites (N-methyl/N-ethyl adjacent to an activating group) is 1. The van der Waals surface area contributed by atoms with Gasteiger partial charge in [0.05, 0.1) is 6.61 Å². The maximum atomic E-state index is 11.5. The van der Waals surface area contributed by atoms with Crippen molar-refractivity contribution in [3.05, 3.63) is 0 Å². The number of methoxy groups -OCH3 is 2. The summed E-state index contributed by atoms with van der Waals surface area (Å²) in [4.78, 5) is 13.1. The standard InChI is InChI=1S/C9H20N2O3/c1-7(14-4)9(12)11(2)5-8(10)6-13-3/h7-8H,5-6,10H2,1-4H3. The van der Waals surface area contributed by atoms with Gasteiger partial charge in [-0.2, -0.15) is 0 Å². The highest BCUT2D eigenvalue weighted by molar-refractivity contribution is 5.80. The lowest BCUT2D eigenvalue weighted by molar-refractivity contribution is -0.139. The lowest BCUT2D eigenvalue weighted by atomic mass is 10.3. The molecule has 0 rings (SSSR count). The summed E-state index contributed by atoms with van der Waals surface area (Å²) < 4.78 is 9.79. The zero-order valence-electron chi connectivity index (χ0n) is 9.32. The molecule has 0 bridgehead atoms. The molecule has 5 heteroatoms. The van der Waals surface area contributed by atoms with Crippen LogP contribution in [0, 0.1) is 0 Å². The number of amides is 1. The second-order valence-electron chi connectivity index (χ2n) is 3.31. The highest BCUT2D eigenvalue weighted by Crippen LogP contribution is 1.96. The van der Waals surface area contributed by atoms with Gasteiger partial charge in [-0.05, 0) is 6.92 Å². The molecule has 2 atom stereocenters. The monoisotopic (exact) mass is 204 g/mol. The molecule has 84 valence electrons. The Morgan fingerprint density at radius 2 is 2.07 bits per heavy atom. The van der Waals surface area contributed by atoms with Gasteiger partial charge in [-0.15, -0.1) is 0 Å². The zero-order chi connectivity index (χ0) is 11.1. The Balaban J connectivity index is 3.94. The fourth-order valence-electron chi connectivity index (χ4n) is 1.12.